The molecule has 0 saturated carbocycles. The molecule has 1 heterocycles. The summed E-state index contributed by atoms with van der Waals surface area (Å²) in [4.78, 5) is 4.36. The average molecular weight is 308 g/mol. The van der Waals surface area contributed by atoms with Gasteiger partial charge < -0.3 is 15.4 Å². The zero-order valence-corrected chi connectivity index (χ0v) is 13.0. The van der Waals surface area contributed by atoms with E-state index in [2.05, 4.69) is 39.7 Å². The van der Waals surface area contributed by atoms with Gasteiger partial charge in [-0.3, -0.25) is 0 Å². The molecular formula is C14H18ClN5O. The van der Waals surface area contributed by atoms with Crippen LogP contribution in [-0.4, -0.2) is 28.3 Å². The molecule has 6 nitrogen and oxygen atoms in total. The van der Waals surface area contributed by atoms with Crippen LogP contribution in [0.3, 0.4) is 0 Å². The van der Waals surface area contributed by atoms with E-state index in [9.17, 15) is 0 Å². The number of hydrogen-bond donors (Lipinski definition) is 2. The van der Waals surface area contributed by atoms with Gasteiger partial charge in [-0.25, -0.2) is 0 Å². The lowest BCUT2D eigenvalue weighted by molar-refractivity contribution is 0.415. The highest BCUT2D eigenvalue weighted by molar-refractivity contribution is 6.32. The largest absolute Gasteiger partial charge is 0.495 e. The van der Waals surface area contributed by atoms with Crippen molar-refractivity contribution < 1.29 is 4.74 Å². The van der Waals surface area contributed by atoms with Gasteiger partial charge in [-0.15, -0.1) is 5.10 Å². The molecule has 1 aromatic carbocycles. The van der Waals surface area contributed by atoms with Crippen molar-refractivity contribution in [1.29, 1.82) is 0 Å². The molecule has 0 aliphatic carbocycles. The lowest BCUT2D eigenvalue weighted by Gasteiger charge is -2.12. The van der Waals surface area contributed by atoms with E-state index in [-0.39, 0.29) is 6.04 Å². The van der Waals surface area contributed by atoms with Crippen molar-refractivity contribution in [1.82, 2.24) is 15.2 Å². The Labute approximate surface area is 128 Å². The fourth-order valence-corrected chi connectivity index (χ4v) is 1.90. The van der Waals surface area contributed by atoms with Crippen LogP contribution >= 0.6 is 11.6 Å². The minimum absolute atomic E-state index is 0.289. The number of benzene rings is 1. The Hall–Kier alpha value is -2.08. The summed E-state index contributed by atoms with van der Waals surface area (Å²) in [7, 11) is 1.58. The summed E-state index contributed by atoms with van der Waals surface area (Å²) in [6, 6.07) is 5.70. The van der Waals surface area contributed by atoms with E-state index < -0.39 is 0 Å². The minimum atomic E-state index is 0.289. The number of anilines is 3. The van der Waals surface area contributed by atoms with Gasteiger partial charge >= 0.3 is 0 Å². The molecule has 0 aliphatic heterocycles. The maximum atomic E-state index is 6.09. The third kappa shape index (κ3) is 4.19. The third-order valence-electron chi connectivity index (χ3n) is 2.97. The summed E-state index contributed by atoms with van der Waals surface area (Å²) in [6.45, 7) is 4.15. The predicted octanol–water partition coefficient (Wildman–Crippen LogP) is 3.49. The van der Waals surface area contributed by atoms with Crippen molar-refractivity contribution in [3.8, 4) is 5.75 Å². The van der Waals surface area contributed by atoms with Gasteiger partial charge in [-0.2, -0.15) is 10.1 Å². The van der Waals surface area contributed by atoms with Gasteiger partial charge in [0.15, 0.2) is 5.82 Å². The second kappa shape index (κ2) is 7.08. The first-order valence-corrected chi connectivity index (χ1v) is 7.07. The van der Waals surface area contributed by atoms with E-state index in [0.29, 0.717) is 22.5 Å². The summed E-state index contributed by atoms with van der Waals surface area (Å²) < 4.78 is 5.12. The molecule has 0 amide bonds. The molecule has 0 fully saturated rings. The fourth-order valence-electron chi connectivity index (χ4n) is 1.64. The second-order valence-corrected chi connectivity index (χ2v) is 5.00. The number of nitrogens with one attached hydrogen (secondary N) is 2. The van der Waals surface area contributed by atoms with Crippen molar-refractivity contribution in [2.24, 2.45) is 0 Å². The zero-order chi connectivity index (χ0) is 15.2. The summed E-state index contributed by atoms with van der Waals surface area (Å²) in [6.07, 6.45) is 2.54. The van der Waals surface area contributed by atoms with Crippen molar-refractivity contribution in [2.45, 2.75) is 26.3 Å². The molecule has 2 N–H and O–H groups in total. The van der Waals surface area contributed by atoms with Crippen LogP contribution in [0.5, 0.6) is 5.75 Å². The lowest BCUT2D eigenvalue weighted by Crippen LogP contribution is -2.16. The summed E-state index contributed by atoms with van der Waals surface area (Å²) in [5.41, 5.74) is 0.802. The third-order valence-corrected chi connectivity index (χ3v) is 3.27. The molecule has 7 heteroatoms. The molecule has 2 rings (SSSR count). The summed E-state index contributed by atoms with van der Waals surface area (Å²) >= 11 is 6.09. The number of aromatic nitrogens is 3. The van der Waals surface area contributed by atoms with E-state index >= 15 is 0 Å². The SMILES string of the molecule is CCC(C)Nc1nncc(Nc2ccc(OC)c(Cl)c2)n1. The van der Waals surface area contributed by atoms with Crippen LogP contribution in [0.1, 0.15) is 20.3 Å². The standard InChI is InChI=1S/C14H18ClN5O/c1-4-9(2)17-14-19-13(8-16-20-14)18-10-5-6-12(21-3)11(15)7-10/h5-9H,4H2,1-3H3,(H2,17,18,19,20). The van der Waals surface area contributed by atoms with Gasteiger partial charge in [0.2, 0.25) is 5.95 Å². The van der Waals surface area contributed by atoms with Gasteiger partial charge in [0.25, 0.3) is 0 Å². The smallest absolute Gasteiger partial charge is 0.244 e. The fraction of sp³-hybridized carbons (Fsp3) is 0.357. The van der Waals surface area contributed by atoms with Crippen LogP contribution in [0, 0.1) is 0 Å². The van der Waals surface area contributed by atoms with Crippen molar-refractivity contribution in [2.75, 3.05) is 17.7 Å². The van der Waals surface area contributed by atoms with Crippen LogP contribution in [0.15, 0.2) is 24.4 Å². The minimum Gasteiger partial charge on any atom is -0.495 e. The topological polar surface area (TPSA) is 72.0 Å². The van der Waals surface area contributed by atoms with E-state index in [0.717, 1.165) is 12.1 Å². The first-order valence-electron chi connectivity index (χ1n) is 6.69. The molecule has 0 radical (unpaired) electrons. The first kappa shape index (κ1) is 15.3. The molecule has 0 spiro atoms. The molecule has 2 aromatic rings. The van der Waals surface area contributed by atoms with Crippen molar-refractivity contribution in [3.05, 3.63) is 29.4 Å². The van der Waals surface area contributed by atoms with Crippen molar-refractivity contribution >= 4 is 29.1 Å². The van der Waals surface area contributed by atoms with E-state index in [4.69, 9.17) is 16.3 Å². The number of methoxy groups -OCH3 is 1. The number of hydrogen-bond acceptors (Lipinski definition) is 6. The number of rotatable bonds is 6. The zero-order valence-electron chi connectivity index (χ0n) is 12.2. The monoisotopic (exact) mass is 307 g/mol. The Morgan fingerprint density at radius 3 is 2.86 bits per heavy atom. The maximum Gasteiger partial charge on any atom is 0.244 e. The highest BCUT2D eigenvalue weighted by Gasteiger charge is 2.06. The van der Waals surface area contributed by atoms with Gasteiger partial charge in [0.05, 0.1) is 18.3 Å². The van der Waals surface area contributed by atoms with Crippen LogP contribution in [0.4, 0.5) is 17.5 Å². The Bertz CT molecular complexity index is 608. The predicted molar refractivity (Wildman–Crippen MR) is 84.5 cm³/mol. The molecular weight excluding hydrogens is 290 g/mol. The van der Waals surface area contributed by atoms with Crippen LogP contribution < -0.4 is 15.4 Å². The second-order valence-electron chi connectivity index (χ2n) is 4.59. The average Bonchev–Trinajstić information content (AvgIpc) is 2.47. The maximum absolute atomic E-state index is 6.09. The molecule has 112 valence electrons. The van der Waals surface area contributed by atoms with Gasteiger partial charge in [-0.05, 0) is 31.5 Å². The Morgan fingerprint density at radius 1 is 1.38 bits per heavy atom. The van der Waals surface area contributed by atoms with Crippen LogP contribution in [0.2, 0.25) is 5.02 Å². The summed E-state index contributed by atoms with van der Waals surface area (Å²) in [5.74, 6) is 1.72. The van der Waals surface area contributed by atoms with Gasteiger partial charge in [-0.1, -0.05) is 18.5 Å². The molecule has 0 bridgehead atoms. The molecule has 0 aliphatic rings. The van der Waals surface area contributed by atoms with E-state index in [1.54, 1.807) is 25.4 Å². The van der Waals surface area contributed by atoms with Gasteiger partial charge in [0.1, 0.15) is 5.75 Å². The van der Waals surface area contributed by atoms with E-state index in [1.165, 1.54) is 0 Å². The Kier molecular flexibility index (Phi) is 5.16. The number of ether oxygens (including phenoxy) is 1. The Morgan fingerprint density at radius 2 is 2.19 bits per heavy atom. The molecule has 1 unspecified atom stereocenters. The van der Waals surface area contributed by atoms with Crippen molar-refractivity contribution in [3.63, 3.8) is 0 Å². The number of halogens is 1. The molecule has 0 saturated heterocycles. The van der Waals surface area contributed by atoms with Crippen LogP contribution in [-0.2, 0) is 0 Å². The first-order chi connectivity index (χ1) is 10.1. The van der Waals surface area contributed by atoms with Crippen LogP contribution in [0.25, 0.3) is 0 Å². The highest BCUT2D eigenvalue weighted by atomic mass is 35.5. The highest BCUT2D eigenvalue weighted by Crippen LogP contribution is 2.28. The molecule has 21 heavy (non-hydrogen) atoms. The Balaban J connectivity index is 2.12. The lowest BCUT2D eigenvalue weighted by atomic mass is 10.3. The molecule has 1 aromatic heterocycles. The molecule has 1 atom stereocenters. The van der Waals surface area contributed by atoms with Gasteiger partial charge in [0, 0.05) is 11.7 Å². The number of nitrogens with zero attached hydrogens (tertiary/aromatic N) is 3. The normalized spacial score (nSPS) is 11.8. The summed E-state index contributed by atoms with van der Waals surface area (Å²) in [5, 5.41) is 14.7. The van der Waals surface area contributed by atoms with E-state index in [1.807, 2.05) is 6.07 Å². The quantitative estimate of drug-likeness (QED) is 0.851.